The molecule has 0 bridgehead atoms. The standard InChI is InChI=1S/C21H22O3.C21H22O2/c1-24-19-10-7-15(8-11-19)5-6-16-9-12-20-17(13-16)3-2-4-18(20)14-21(22)23;1-15-5-2-3-6-17(15)11-9-16-10-12-20-18(13-16)7-4-8-19(20)14-21(22)23/h5-13,18H,2-4,14H2,1H3,(H,22,23);2-3,5-6,9-13,19H,4,7-8,14H2,1H3,(H,22,23)/b6-5+;11-9+. The molecule has 2 N–H and O–H groups in total. The van der Waals surface area contributed by atoms with Crippen molar-refractivity contribution in [1.29, 1.82) is 0 Å². The van der Waals surface area contributed by atoms with Gasteiger partial charge in [-0.05, 0) is 119 Å². The molecule has 0 amide bonds. The molecular formula is C42H44O5. The van der Waals surface area contributed by atoms with E-state index < -0.39 is 11.9 Å². The Balaban J connectivity index is 0.000000185. The molecule has 5 heteroatoms. The number of carbonyl (C=O) groups is 2. The maximum Gasteiger partial charge on any atom is 0.303 e. The van der Waals surface area contributed by atoms with Crippen LogP contribution in [0.5, 0.6) is 5.75 Å². The fraction of sp³-hybridized carbons (Fsp3) is 0.286. The van der Waals surface area contributed by atoms with Crippen molar-refractivity contribution in [2.75, 3.05) is 7.11 Å². The number of hydrogen-bond donors (Lipinski definition) is 2. The first-order chi connectivity index (χ1) is 22.8. The van der Waals surface area contributed by atoms with Crippen molar-refractivity contribution in [3.05, 3.63) is 135 Å². The summed E-state index contributed by atoms with van der Waals surface area (Å²) in [6.07, 6.45) is 15.1. The number of ether oxygens (including phenoxy) is 1. The van der Waals surface area contributed by atoms with Crippen LogP contribution >= 0.6 is 0 Å². The maximum absolute atomic E-state index is 11.0. The first-order valence-corrected chi connectivity index (χ1v) is 16.5. The summed E-state index contributed by atoms with van der Waals surface area (Å²) in [7, 11) is 1.66. The van der Waals surface area contributed by atoms with E-state index in [1.807, 2.05) is 30.3 Å². The van der Waals surface area contributed by atoms with Crippen molar-refractivity contribution >= 4 is 36.2 Å². The summed E-state index contributed by atoms with van der Waals surface area (Å²) in [5.74, 6) is -0.232. The molecule has 4 aromatic rings. The quantitative estimate of drug-likeness (QED) is 0.180. The van der Waals surface area contributed by atoms with Crippen molar-refractivity contribution in [2.24, 2.45) is 0 Å². The molecule has 2 aliphatic rings. The van der Waals surface area contributed by atoms with Crippen molar-refractivity contribution in [1.82, 2.24) is 0 Å². The van der Waals surface area contributed by atoms with E-state index in [2.05, 4.69) is 85.8 Å². The Labute approximate surface area is 278 Å². The third-order valence-electron chi connectivity index (χ3n) is 9.28. The molecule has 0 saturated carbocycles. The first kappa shape index (κ1) is 33.5. The molecule has 0 spiro atoms. The number of hydrogen-bond acceptors (Lipinski definition) is 3. The highest BCUT2D eigenvalue weighted by molar-refractivity contribution is 5.73. The van der Waals surface area contributed by atoms with E-state index in [1.165, 1.54) is 38.9 Å². The lowest BCUT2D eigenvalue weighted by atomic mass is 9.80. The van der Waals surface area contributed by atoms with Crippen molar-refractivity contribution < 1.29 is 24.5 Å². The van der Waals surface area contributed by atoms with E-state index in [0.717, 1.165) is 55.4 Å². The maximum atomic E-state index is 11.0. The third-order valence-corrected chi connectivity index (χ3v) is 9.28. The molecule has 4 aromatic carbocycles. The highest BCUT2D eigenvalue weighted by Gasteiger charge is 2.23. The van der Waals surface area contributed by atoms with Crippen molar-refractivity contribution in [3.8, 4) is 5.75 Å². The van der Waals surface area contributed by atoms with Gasteiger partial charge in [-0.3, -0.25) is 9.59 Å². The van der Waals surface area contributed by atoms with E-state index in [9.17, 15) is 9.59 Å². The van der Waals surface area contributed by atoms with Gasteiger partial charge >= 0.3 is 11.9 Å². The van der Waals surface area contributed by atoms with Gasteiger partial charge in [-0.2, -0.15) is 0 Å². The summed E-state index contributed by atoms with van der Waals surface area (Å²) in [6, 6.07) is 29.1. The Morgan fingerprint density at radius 1 is 0.681 bits per heavy atom. The molecule has 2 unspecified atom stereocenters. The molecule has 5 nitrogen and oxygen atoms in total. The van der Waals surface area contributed by atoms with E-state index in [1.54, 1.807) is 7.11 Å². The van der Waals surface area contributed by atoms with Crippen LogP contribution in [0.25, 0.3) is 24.3 Å². The summed E-state index contributed by atoms with van der Waals surface area (Å²) >= 11 is 0. The van der Waals surface area contributed by atoms with Gasteiger partial charge in [-0.25, -0.2) is 0 Å². The van der Waals surface area contributed by atoms with Gasteiger partial charge in [0.15, 0.2) is 0 Å². The minimum Gasteiger partial charge on any atom is -0.497 e. The molecule has 0 aliphatic heterocycles. The summed E-state index contributed by atoms with van der Waals surface area (Å²) < 4.78 is 5.17. The van der Waals surface area contributed by atoms with Crippen LogP contribution in [0.2, 0.25) is 0 Å². The number of benzene rings is 4. The predicted molar refractivity (Wildman–Crippen MR) is 191 cm³/mol. The Morgan fingerprint density at radius 3 is 1.68 bits per heavy atom. The number of methoxy groups -OCH3 is 1. The molecule has 2 aliphatic carbocycles. The van der Waals surface area contributed by atoms with Crippen LogP contribution in [-0.4, -0.2) is 29.3 Å². The van der Waals surface area contributed by atoms with Crippen molar-refractivity contribution in [2.45, 2.75) is 70.1 Å². The number of fused-ring (bicyclic) bond motifs is 2. The van der Waals surface area contributed by atoms with Crippen LogP contribution in [0, 0.1) is 6.92 Å². The monoisotopic (exact) mass is 628 g/mol. The Morgan fingerprint density at radius 2 is 1.17 bits per heavy atom. The first-order valence-electron chi connectivity index (χ1n) is 16.5. The number of aryl methyl sites for hydroxylation is 3. The summed E-state index contributed by atoms with van der Waals surface area (Å²) in [5, 5.41) is 18.1. The molecule has 0 fully saturated rings. The lowest BCUT2D eigenvalue weighted by Gasteiger charge is -2.24. The zero-order valence-electron chi connectivity index (χ0n) is 27.3. The van der Waals surface area contributed by atoms with Crippen LogP contribution in [0.3, 0.4) is 0 Å². The van der Waals surface area contributed by atoms with Crippen LogP contribution in [0.1, 0.15) is 100 Å². The number of carboxylic acids is 2. The van der Waals surface area contributed by atoms with Gasteiger partial charge in [0.2, 0.25) is 0 Å². The second kappa shape index (κ2) is 16.1. The molecule has 2 atom stereocenters. The largest absolute Gasteiger partial charge is 0.497 e. The second-order valence-corrected chi connectivity index (χ2v) is 12.6. The van der Waals surface area contributed by atoms with Crippen LogP contribution in [0.15, 0.2) is 84.9 Å². The topological polar surface area (TPSA) is 83.8 Å². The van der Waals surface area contributed by atoms with E-state index in [-0.39, 0.29) is 24.7 Å². The average Bonchev–Trinajstić information content (AvgIpc) is 3.07. The Kier molecular flexibility index (Phi) is 11.5. The van der Waals surface area contributed by atoms with Gasteiger partial charge in [0.1, 0.15) is 5.75 Å². The van der Waals surface area contributed by atoms with Gasteiger partial charge in [0.25, 0.3) is 0 Å². The SMILES string of the molecule is COc1ccc(/C=C/c2ccc3c(c2)CCCC3CC(=O)O)cc1.Cc1ccccc1/C=C/c1ccc2c(c1)CCCC2CC(=O)O. The molecule has 242 valence electrons. The van der Waals surface area contributed by atoms with Gasteiger partial charge in [-0.15, -0.1) is 0 Å². The molecule has 0 radical (unpaired) electrons. The van der Waals surface area contributed by atoms with Gasteiger partial charge in [0, 0.05) is 0 Å². The molecule has 0 saturated heterocycles. The number of aliphatic carboxylic acids is 2. The molecule has 0 aromatic heterocycles. The zero-order chi connectivity index (χ0) is 33.2. The lowest BCUT2D eigenvalue weighted by Crippen LogP contribution is -2.13. The normalized spacial score (nSPS) is 17.0. The molecule has 6 rings (SSSR count). The van der Waals surface area contributed by atoms with Gasteiger partial charge in [-0.1, -0.05) is 97.1 Å². The summed E-state index contributed by atoms with van der Waals surface area (Å²) in [6.45, 7) is 2.11. The number of carboxylic acid groups (broad SMARTS) is 2. The molecular weight excluding hydrogens is 584 g/mol. The summed E-state index contributed by atoms with van der Waals surface area (Å²) in [4.78, 5) is 22.1. The van der Waals surface area contributed by atoms with Crippen LogP contribution in [-0.2, 0) is 22.4 Å². The van der Waals surface area contributed by atoms with Crippen molar-refractivity contribution in [3.63, 3.8) is 0 Å². The zero-order valence-corrected chi connectivity index (χ0v) is 27.3. The van der Waals surface area contributed by atoms with Gasteiger partial charge in [0.05, 0.1) is 20.0 Å². The van der Waals surface area contributed by atoms with Gasteiger partial charge < -0.3 is 14.9 Å². The Bertz CT molecular complexity index is 1750. The molecule has 47 heavy (non-hydrogen) atoms. The minimum absolute atomic E-state index is 0.158. The fourth-order valence-electron chi connectivity index (χ4n) is 6.79. The Hall–Kier alpha value is -4.90. The smallest absolute Gasteiger partial charge is 0.303 e. The minimum atomic E-state index is -0.712. The fourth-order valence-corrected chi connectivity index (χ4v) is 6.79. The van der Waals surface area contributed by atoms with Crippen LogP contribution in [0.4, 0.5) is 0 Å². The van der Waals surface area contributed by atoms with Crippen LogP contribution < -0.4 is 4.74 Å². The highest BCUT2D eigenvalue weighted by atomic mass is 16.5. The van der Waals surface area contributed by atoms with E-state index in [0.29, 0.717) is 0 Å². The molecule has 0 heterocycles. The lowest BCUT2D eigenvalue weighted by molar-refractivity contribution is -0.138. The summed E-state index contributed by atoms with van der Waals surface area (Å²) in [5.41, 5.74) is 11.0. The second-order valence-electron chi connectivity index (χ2n) is 12.6. The van der Waals surface area contributed by atoms with E-state index >= 15 is 0 Å². The third kappa shape index (κ3) is 9.32. The predicted octanol–water partition coefficient (Wildman–Crippen LogP) is 9.82. The number of rotatable bonds is 9. The van der Waals surface area contributed by atoms with E-state index in [4.69, 9.17) is 14.9 Å². The highest BCUT2D eigenvalue weighted by Crippen LogP contribution is 2.36. The average molecular weight is 629 g/mol.